The second-order valence-electron chi connectivity index (χ2n) is 4.76. The van der Waals surface area contributed by atoms with Gasteiger partial charge in [-0.3, -0.25) is 4.90 Å². The van der Waals surface area contributed by atoms with E-state index in [-0.39, 0.29) is 6.04 Å². The summed E-state index contributed by atoms with van der Waals surface area (Å²) in [6.07, 6.45) is 0. The molecule has 0 aromatic heterocycles. The van der Waals surface area contributed by atoms with Crippen molar-refractivity contribution in [3.05, 3.63) is 28.8 Å². The van der Waals surface area contributed by atoms with Gasteiger partial charge < -0.3 is 10.5 Å². The van der Waals surface area contributed by atoms with Gasteiger partial charge in [-0.25, -0.2) is 0 Å². The predicted octanol–water partition coefficient (Wildman–Crippen LogP) is 2.13. The van der Waals surface area contributed by atoms with Gasteiger partial charge in [0.15, 0.2) is 0 Å². The summed E-state index contributed by atoms with van der Waals surface area (Å²) in [5.74, 6) is 1.40. The summed E-state index contributed by atoms with van der Waals surface area (Å²) < 4.78 is 5.35. The van der Waals surface area contributed by atoms with E-state index in [4.69, 9.17) is 22.1 Å². The van der Waals surface area contributed by atoms with Crippen molar-refractivity contribution in [3.63, 3.8) is 0 Å². The first-order valence-corrected chi connectivity index (χ1v) is 6.29. The van der Waals surface area contributed by atoms with E-state index in [0.717, 1.165) is 36.0 Å². The Kier molecular flexibility index (Phi) is 3.92. The number of methoxy groups -OCH3 is 1. The molecule has 1 fully saturated rings. The van der Waals surface area contributed by atoms with Crippen LogP contribution in [-0.2, 0) is 6.54 Å². The molecule has 1 aliphatic rings. The summed E-state index contributed by atoms with van der Waals surface area (Å²) in [5, 5.41) is 0.762. The zero-order valence-corrected chi connectivity index (χ0v) is 11.1. The zero-order valence-electron chi connectivity index (χ0n) is 10.3. The summed E-state index contributed by atoms with van der Waals surface area (Å²) in [6.45, 7) is 4.94. The maximum atomic E-state index is 6.22. The molecule has 1 aromatic rings. The van der Waals surface area contributed by atoms with Crippen molar-refractivity contribution in [3.8, 4) is 5.75 Å². The minimum atomic E-state index is 0.267. The molecular weight excluding hydrogens is 236 g/mol. The van der Waals surface area contributed by atoms with Crippen LogP contribution in [0.1, 0.15) is 12.5 Å². The van der Waals surface area contributed by atoms with E-state index in [1.54, 1.807) is 7.11 Å². The highest BCUT2D eigenvalue weighted by Gasteiger charge is 2.27. The van der Waals surface area contributed by atoms with Gasteiger partial charge in [0, 0.05) is 36.3 Å². The lowest BCUT2D eigenvalue weighted by molar-refractivity contribution is 0.310. The highest BCUT2D eigenvalue weighted by molar-refractivity contribution is 6.31. The van der Waals surface area contributed by atoms with Crippen molar-refractivity contribution in [2.24, 2.45) is 11.7 Å². The SMILES string of the molecule is COc1cccc(Cl)c1CN1CC(C)C(N)C1. The fourth-order valence-corrected chi connectivity index (χ4v) is 2.56. The third-order valence-electron chi connectivity index (χ3n) is 3.42. The molecule has 0 radical (unpaired) electrons. The van der Waals surface area contributed by atoms with Crippen LogP contribution in [0.3, 0.4) is 0 Å². The number of hydrogen-bond donors (Lipinski definition) is 1. The van der Waals surface area contributed by atoms with Crippen LogP contribution in [0.5, 0.6) is 5.75 Å². The average Bonchev–Trinajstić information content (AvgIpc) is 2.61. The Hall–Kier alpha value is -0.770. The van der Waals surface area contributed by atoms with Gasteiger partial charge >= 0.3 is 0 Å². The molecule has 4 heteroatoms. The summed E-state index contributed by atoms with van der Waals surface area (Å²) in [5.41, 5.74) is 7.08. The van der Waals surface area contributed by atoms with E-state index < -0.39 is 0 Å². The predicted molar refractivity (Wildman–Crippen MR) is 70.4 cm³/mol. The van der Waals surface area contributed by atoms with Crippen LogP contribution in [0.25, 0.3) is 0 Å². The van der Waals surface area contributed by atoms with Crippen molar-refractivity contribution in [2.75, 3.05) is 20.2 Å². The van der Waals surface area contributed by atoms with Crippen LogP contribution < -0.4 is 10.5 Å². The van der Waals surface area contributed by atoms with Gasteiger partial charge in [0.1, 0.15) is 5.75 Å². The first-order chi connectivity index (χ1) is 8.11. The van der Waals surface area contributed by atoms with E-state index in [9.17, 15) is 0 Å². The van der Waals surface area contributed by atoms with Crippen LogP contribution >= 0.6 is 11.6 Å². The highest BCUT2D eigenvalue weighted by atomic mass is 35.5. The number of benzene rings is 1. The van der Waals surface area contributed by atoms with Crippen molar-refractivity contribution in [1.82, 2.24) is 4.90 Å². The van der Waals surface area contributed by atoms with E-state index >= 15 is 0 Å². The minimum absolute atomic E-state index is 0.267. The summed E-state index contributed by atoms with van der Waals surface area (Å²) in [4.78, 5) is 2.33. The highest BCUT2D eigenvalue weighted by Crippen LogP contribution is 2.29. The summed E-state index contributed by atoms with van der Waals surface area (Å²) in [7, 11) is 1.67. The molecule has 17 heavy (non-hydrogen) atoms. The molecule has 2 rings (SSSR count). The van der Waals surface area contributed by atoms with Crippen LogP contribution in [0.15, 0.2) is 18.2 Å². The quantitative estimate of drug-likeness (QED) is 0.898. The van der Waals surface area contributed by atoms with Crippen LogP contribution in [0.2, 0.25) is 5.02 Å². The third kappa shape index (κ3) is 2.73. The number of nitrogens with zero attached hydrogens (tertiary/aromatic N) is 1. The van der Waals surface area contributed by atoms with Crippen molar-refractivity contribution < 1.29 is 4.74 Å². The maximum absolute atomic E-state index is 6.22. The fraction of sp³-hybridized carbons (Fsp3) is 0.538. The normalized spacial score (nSPS) is 25.2. The van der Waals surface area contributed by atoms with Crippen LogP contribution in [0.4, 0.5) is 0 Å². The molecule has 0 bridgehead atoms. The van der Waals surface area contributed by atoms with Gasteiger partial charge in [0.25, 0.3) is 0 Å². The Balaban J connectivity index is 2.13. The molecule has 1 heterocycles. The molecule has 3 nitrogen and oxygen atoms in total. The molecule has 1 aliphatic heterocycles. The molecule has 0 saturated carbocycles. The summed E-state index contributed by atoms with van der Waals surface area (Å²) in [6, 6.07) is 6.02. The van der Waals surface area contributed by atoms with Gasteiger partial charge in [0.05, 0.1) is 7.11 Å². The standard InChI is InChI=1S/C13H19ClN2O/c1-9-6-16(8-12(9)15)7-10-11(14)4-3-5-13(10)17-2/h3-5,9,12H,6-8,15H2,1-2H3. The zero-order chi connectivity index (χ0) is 12.4. The molecule has 0 spiro atoms. The molecule has 0 aliphatic carbocycles. The number of ether oxygens (including phenoxy) is 1. The topological polar surface area (TPSA) is 38.5 Å². The van der Waals surface area contributed by atoms with Gasteiger partial charge in [0.2, 0.25) is 0 Å². The number of hydrogen-bond acceptors (Lipinski definition) is 3. The van der Waals surface area contributed by atoms with Crippen molar-refractivity contribution >= 4 is 11.6 Å². The lowest BCUT2D eigenvalue weighted by Crippen LogP contribution is -2.28. The van der Waals surface area contributed by atoms with Gasteiger partial charge in [-0.2, -0.15) is 0 Å². The van der Waals surface area contributed by atoms with E-state index in [1.807, 2.05) is 18.2 Å². The summed E-state index contributed by atoms with van der Waals surface area (Å²) >= 11 is 6.22. The van der Waals surface area contributed by atoms with Gasteiger partial charge in [-0.15, -0.1) is 0 Å². The first-order valence-electron chi connectivity index (χ1n) is 5.91. The fourth-order valence-electron chi connectivity index (χ4n) is 2.33. The first kappa shape index (κ1) is 12.7. The number of nitrogens with two attached hydrogens (primary N) is 1. The maximum Gasteiger partial charge on any atom is 0.124 e. The Morgan fingerprint density at radius 1 is 1.47 bits per heavy atom. The minimum Gasteiger partial charge on any atom is -0.496 e. The van der Waals surface area contributed by atoms with Crippen molar-refractivity contribution in [2.45, 2.75) is 19.5 Å². The molecule has 1 saturated heterocycles. The lowest BCUT2D eigenvalue weighted by Gasteiger charge is -2.18. The number of likely N-dealkylation sites (tertiary alicyclic amines) is 1. The molecule has 0 amide bonds. The monoisotopic (exact) mass is 254 g/mol. The lowest BCUT2D eigenvalue weighted by atomic mass is 10.1. The third-order valence-corrected chi connectivity index (χ3v) is 3.78. The average molecular weight is 255 g/mol. The van der Waals surface area contributed by atoms with Gasteiger partial charge in [-0.05, 0) is 18.1 Å². The van der Waals surface area contributed by atoms with Crippen molar-refractivity contribution in [1.29, 1.82) is 0 Å². The van der Waals surface area contributed by atoms with Crippen LogP contribution in [-0.4, -0.2) is 31.1 Å². The molecule has 1 aromatic carbocycles. The Morgan fingerprint density at radius 2 is 2.24 bits per heavy atom. The molecule has 2 atom stereocenters. The number of halogens is 1. The Bertz CT molecular complexity index is 387. The Labute approximate surface area is 107 Å². The van der Waals surface area contributed by atoms with E-state index in [1.165, 1.54) is 0 Å². The molecular formula is C13H19ClN2O. The largest absolute Gasteiger partial charge is 0.496 e. The van der Waals surface area contributed by atoms with E-state index in [2.05, 4.69) is 11.8 Å². The van der Waals surface area contributed by atoms with E-state index in [0.29, 0.717) is 5.92 Å². The molecule has 2 unspecified atom stereocenters. The second kappa shape index (κ2) is 5.25. The molecule has 2 N–H and O–H groups in total. The van der Waals surface area contributed by atoms with Crippen LogP contribution in [0, 0.1) is 5.92 Å². The smallest absolute Gasteiger partial charge is 0.124 e. The number of rotatable bonds is 3. The second-order valence-corrected chi connectivity index (χ2v) is 5.16. The van der Waals surface area contributed by atoms with Gasteiger partial charge in [-0.1, -0.05) is 24.6 Å². The Morgan fingerprint density at radius 3 is 2.82 bits per heavy atom. The molecule has 94 valence electrons.